The second kappa shape index (κ2) is 8.03. The lowest BCUT2D eigenvalue weighted by atomic mass is 9.71. The minimum absolute atomic E-state index is 0.219. The van der Waals surface area contributed by atoms with E-state index in [4.69, 9.17) is 4.74 Å². The Bertz CT molecular complexity index is 739. The Labute approximate surface area is 165 Å². The molecule has 4 rings (SSSR count). The SMILES string of the molecule is COc1ccc(CN2CCC3(CC2)CCN(C(=O)c2cccs2)CC3)cc1. The number of piperidine rings is 2. The summed E-state index contributed by atoms with van der Waals surface area (Å²) in [5.74, 6) is 1.14. The average Bonchev–Trinajstić information content (AvgIpc) is 3.25. The minimum Gasteiger partial charge on any atom is -0.497 e. The van der Waals surface area contributed by atoms with Crippen LogP contribution in [0.3, 0.4) is 0 Å². The van der Waals surface area contributed by atoms with Crippen molar-refractivity contribution in [1.82, 2.24) is 9.80 Å². The number of amides is 1. The van der Waals surface area contributed by atoms with E-state index in [1.54, 1.807) is 18.4 Å². The number of hydrogen-bond acceptors (Lipinski definition) is 4. The molecule has 0 aliphatic carbocycles. The number of carbonyl (C=O) groups excluding carboxylic acids is 1. The maximum atomic E-state index is 12.6. The van der Waals surface area contributed by atoms with Crippen LogP contribution in [0.4, 0.5) is 0 Å². The molecular formula is C22H28N2O2S. The highest BCUT2D eigenvalue weighted by Gasteiger charge is 2.38. The molecule has 0 atom stereocenters. The Hall–Kier alpha value is -1.85. The van der Waals surface area contributed by atoms with Crippen molar-refractivity contribution >= 4 is 17.2 Å². The van der Waals surface area contributed by atoms with Crippen molar-refractivity contribution < 1.29 is 9.53 Å². The number of rotatable bonds is 4. The summed E-state index contributed by atoms with van der Waals surface area (Å²) in [5, 5.41) is 1.98. The van der Waals surface area contributed by atoms with Gasteiger partial charge in [0, 0.05) is 19.6 Å². The molecule has 2 aromatic rings. The van der Waals surface area contributed by atoms with Gasteiger partial charge in [-0.1, -0.05) is 18.2 Å². The molecule has 1 aromatic carbocycles. The van der Waals surface area contributed by atoms with E-state index in [9.17, 15) is 4.79 Å². The van der Waals surface area contributed by atoms with Crippen molar-refractivity contribution in [3.8, 4) is 5.75 Å². The summed E-state index contributed by atoms with van der Waals surface area (Å²) in [6.45, 7) is 5.16. The third-order valence-electron chi connectivity index (χ3n) is 6.33. The van der Waals surface area contributed by atoms with Gasteiger partial charge in [-0.05, 0) is 73.3 Å². The van der Waals surface area contributed by atoms with E-state index in [1.165, 1.54) is 18.4 Å². The van der Waals surface area contributed by atoms with Crippen molar-refractivity contribution in [1.29, 1.82) is 0 Å². The zero-order valence-electron chi connectivity index (χ0n) is 16.0. The van der Waals surface area contributed by atoms with Crippen LogP contribution in [0, 0.1) is 5.41 Å². The highest BCUT2D eigenvalue weighted by molar-refractivity contribution is 7.12. The molecule has 0 radical (unpaired) electrons. The highest BCUT2D eigenvalue weighted by Crippen LogP contribution is 2.41. The third kappa shape index (κ3) is 4.19. The number of methoxy groups -OCH3 is 1. The van der Waals surface area contributed by atoms with Gasteiger partial charge < -0.3 is 9.64 Å². The number of carbonyl (C=O) groups is 1. The summed E-state index contributed by atoms with van der Waals surface area (Å²) in [6.07, 6.45) is 4.81. The zero-order valence-corrected chi connectivity index (χ0v) is 16.8. The van der Waals surface area contributed by atoms with Crippen LogP contribution in [0.25, 0.3) is 0 Å². The van der Waals surface area contributed by atoms with Crippen LogP contribution >= 0.6 is 11.3 Å². The molecular weight excluding hydrogens is 356 g/mol. The van der Waals surface area contributed by atoms with Crippen LogP contribution in [0.1, 0.15) is 40.9 Å². The Morgan fingerprint density at radius 2 is 1.70 bits per heavy atom. The largest absolute Gasteiger partial charge is 0.497 e. The predicted octanol–water partition coefficient (Wildman–Crippen LogP) is 4.28. The van der Waals surface area contributed by atoms with Crippen LogP contribution < -0.4 is 4.74 Å². The fourth-order valence-corrected chi connectivity index (χ4v) is 5.11. The number of thiophene rings is 1. The van der Waals surface area contributed by atoms with Crippen LogP contribution in [-0.4, -0.2) is 49.0 Å². The van der Waals surface area contributed by atoms with Crippen molar-refractivity contribution in [3.63, 3.8) is 0 Å². The zero-order chi connectivity index (χ0) is 18.7. The summed E-state index contributed by atoms with van der Waals surface area (Å²) in [5.41, 5.74) is 1.80. The van der Waals surface area contributed by atoms with Crippen LogP contribution in [0.2, 0.25) is 0 Å². The molecule has 27 heavy (non-hydrogen) atoms. The van der Waals surface area contributed by atoms with Gasteiger partial charge in [0.05, 0.1) is 12.0 Å². The van der Waals surface area contributed by atoms with Crippen LogP contribution in [0.15, 0.2) is 41.8 Å². The Balaban J connectivity index is 1.27. The molecule has 0 bridgehead atoms. The first-order valence-electron chi connectivity index (χ1n) is 9.86. The van der Waals surface area contributed by atoms with Gasteiger partial charge in [-0.3, -0.25) is 9.69 Å². The molecule has 1 spiro atoms. The summed E-state index contributed by atoms with van der Waals surface area (Å²) in [6, 6.07) is 12.3. The molecule has 1 amide bonds. The summed E-state index contributed by atoms with van der Waals surface area (Å²) in [7, 11) is 1.71. The third-order valence-corrected chi connectivity index (χ3v) is 7.18. The number of hydrogen-bond donors (Lipinski definition) is 0. The molecule has 0 N–H and O–H groups in total. The molecule has 2 aliphatic heterocycles. The van der Waals surface area contributed by atoms with Gasteiger partial charge in [-0.2, -0.15) is 0 Å². The Morgan fingerprint density at radius 3 is 2.30 bits per heavy atom. The number of benzene rings is 1. The molecule has 0 saturated carbocycles. The van der Waals surface area contributed by atoms with E-state index in [1.807, 2.05) is 29.6 Å². The molecule has 2 aliphatic rings. The van der Waals surface area contributed by atoms with E-state index in [0.29, 0.717) is 5.41 Å². The first-order chi connectivity index (χ1) is 13.2. The molecule has 144 valence electrons. The van der Waals surface area contributed by atoms with Gasteiger partial charge >= 0.3 is 0 Å². The van der Waals surface area contributed by atoms with E-state index in [0.717, 1.165) is 56.2 Å². The van der Waals surface area contributed by atoms with Crippen molar-refractivity contribution in [2.75, 3.05) is 33.3 Å². The monoisotopic (exact) mass is 384 g/mol. The second-order valence-corrected chi connectivity index (χ2v) is 8.84. The summed E-state index contributed by atoms with van der Waals surface area (Å²) < 4.78 is 5.24. The average molecular weight is 385 g/mol. The fourth-order valence-electron chi connectivity index (χ4n) is 4.41. The standard InChI is InChI=1S/C22H28N2O2S/c1-26-19-6-4-18(5-7-19)17-23-12-8-22(9-13-23)10-14-24(15-11-22)21(25)20-3-2-16-27-20/h2-7,16H,8-15,17H2,1H3. The second-order valence-electron chi connectivity index (χ2n) is 7.89. The fraction of sp³-hybridized carbons (Fsp3) is 0.500. The molecule has 0 unspecified atom stereocenters. The summed E-state index contributed by atoms with van der Waals surface area (Å²) >= 11 is 1.55. The Kier molecular flexibility index (Phi) is 5.50. The molecule has 2 fully saturated rings. The number of ether oxygens (including phenoxy) is 1. The van der Waals surface area contributed by atoms with Crippen molar-refractivity contribution in [3.05, 3.63) is 52.2 Å². The first-order valence-corrected chi connectivity index (χ1v) is 10.7. The summed E-state index contributed by atoms with van der Waals surface area (Å²) in [4.78, 5) is 18.0. The van der Waals surface area contributed by atoms with Gasteiger partial charge in [-0.15, -0.1) is 11.3 Å². The van der Waals surface area contributed by atoms with Gasteiger partial charge in [0.15, 0.2) is 0 Å². The van der Waals surface area contributed by atoms with Crippen LogP contribution in [0.5, 0.6) is 5.75 Å². The van der Waals surface area contributed by atoms with Crippen molar-refractivity contribution in [2.24, 2.45) is 5.41 Å². The van der Waals surface area contributed by atoms with Gasteiger partial charge in [-0.25, -0.2) is 0 Å². The molecule has 3 heterocycles. The van der Waals surface area contributed by atoms with E-state index < -0.39 is 0 Å². The number of likely N-dealkylation sites (tertiary alicyclic amines) is 2. The quantitative estimate of drug-likeness (QED) is 0.789. The van der Waals surface area contributed by atoms with Gasteiger partial charge in [0.1, 0.15) is 5.75 Å². The normalized spacial score (nSPS) is 20.0. The van der Waals surface area contributed by atoms with E-state index in [2.05, 4.69) is 21.9 Å². The molecule has 1 aromatic heterocycles. The lowest BCUT2D eigenvalue weighted by Crippen LogP contribution is -2.48. The topological polar surface area (TPSA) is 32.8 Å². The Morgan fingerprint density at radius 1 is 1.04 bits per heavy atom. The maximum Gasteiger partial charge on any atom is 0.263 e. The van der Waals surface area contributed by atoms with E-state index >= 15 is 0 Å². The lowest BCUT2D eigenvalue weighted by Gasteiger charge is -2.47. The maximum absolute atomic E-state index is 12.6. The van der Waals surface area contributed by atoms with Gasteiger partial charge in [0.25, 0.3) is 5.91 Å². The minimum atomic E-state index is 0.219. The lowest BCUT2D eigenvalue weighted by molar-refractivity contribution is 0.0287. The van der Waals surface area contributed by atoms with Gasteiger partial charge in [0.2, 0.25) is 0 Å². The predicted molar refractivity (Wildman–Crippen MR) is 109 cm³/mol. The van der Waals surface area contributed by atoms with Crippen molar-refractivity contribution in [2.45, 2.75) is 32.2 Å². The van der Waals surface area contributed by atoms with E-state index in [-0.39, 0.29) is 5.91 Å². The van der Waals surface area contributed by atoms with Crippen LogP contribution in [-0.2, 0) is 6.54 Å². The number of nitrogens with zero attached hydrogens (tertiary/aromatic N) is 2. The molecule has 4 nitrogen and oxygen atoms in total. The first kappa shape index (κ1) is 18.5. The molecule has 2 saturated heterocycles. The smallest absolute Gasteiger partial charge is 0.263 e. The highest BCUT2D eigenvalue weighted by atomic mass is 32.1. The molecule has 5 heteroatoms.